The minimum Gasteiger partial charge on any atom is -0.393 e. The molecular weight excluding hydrogens is 388 g/mol. The molecule has 5 saturated carbocycles. The predicted molar refractivity (Wildman–Crippen MR) is 135 cm³/mol. The Morgan fingerprint density at radius 3 is 2.34 bits per heavy atom. The molecule has 0 aromatic carbocycles. The third-order valence-corrected chi connectivity index (χ3v) is 13.3. The monoisotopic (exact) mass is 438 g/mol. The van der Waals surface area contributed by atoms with Crippen LogP contribution in [0.4, 0.5) is 0 Å². The maximum Gasteiger partial charge on any atom is 0.0594 e. The number of allylic oxidation sites excluding steroid dienone is 3. The van der Waals surface area contributed by atoms with Gasteiger partial charge in [0.2, 0.25) is 0 Å². The van der Waals surface area contributed by atoms with Gasteiger partial charge in [-0.2, -0.15) is 0 Å². The molecule has 1 nitrogen and oxygen atoms in total. The largest absolute Gasteiger partial charge is 0.393 e. The maximum atomic E-state index is 10.9. The molecule has 180 valence electrons. The molecule has 5 aliphatic carbocycles. The van der Waals surface area contributed by atoms with E-state index in [1.54, 1.807) is 0 Å². The van der Waals surface area contributed by atoms with Crippen LogP contribution in [0.2, 0.25) is 0 Å². The van der Waals surface area contributed by atoms with Crippen molar-refractivity contribution in [3.63, 3.8) is 0 Å². The second-order valence-electron chi connectivity index (χ2n) is 14.2. The highest BCUT2D eigenvalue weighted by Gasteiger charge is 2.82. The van der Waals surface area contributed by atoms with Crippen LogP contribution >= 0.6 is 0 Å². The first-order valence-corrected chi connectivity index (χ1v) is 14.0. The molecule has 9 atom stereocenters. The molecule has 0 amide bonds. The molecular formula is C31H50O. The molecule has 2 spiro atoms. The number of aliphatic hydroxyl groups is 1. The van der Waals surface area contributed by atoms with Crippen LogP contribution in [0.5, 0.6) is 0 Å². The summed E-state index contributed by atoms with van der Waals surface area (Å²) < 4.78 is 0. The lowest BCUT2D eigenvalue weighted by molar-refractivity contribution is -0.161. The van der Waals surface area contributed by atoms with Crippen LogP contribution in [0.15, 0.2) is 24.3 Å². The highest BCUT2D eigenvalue weighted by molar-refractivity contribution is 5.30. The number of hydrogen-bond donors (Lipinski definition) is 1. The topological polar surface area (TPSA) is 20.2 Å². The summed E-state index contributed by atoms with van der Waals surface area (Å²) in [6, 6.07) is 0. The maximum absolute atomic E-state index is 10.9. The van der Waals surface area contributed by atoms with Gasteiger partial charge in [-0.3, -0.25) is 0 Å². The average molecular weight is 439 g/mol. The molecule has 1 N–H and O–H groups in total. The summed E-state index contributed by atoms with van der Waals surface area (Å²) >= 11 is 0. The molecule has 5 rings (SSSR count). The Kier molecular flexibility index (Phi) is 5.23. The van der Waals surface area contributed by atoms with Gasteiger partial charge in [0.05, 0.1) is 6.10 Å². The van der Waals surface area contributed by atoms with Crippen molar-refractivity contribution >= 4 is 0 Å². The van der Waals surface area contributed by atoms with Crippen LogP contribution in [0.1, 0.15) is 112 Å². The van der Waals surface area contributed by atoms with E-state index >= 15 is 0 Å². The Labute approximate surface area is 198 Å². The van der Waals surface area contributed by atoms with E-state index in [2.05, 4.69) is 54.2 Å². The van der Waals surface area contributed by atoms with Crippen LogP contribution < -0.4 is 0 Å². The van der Waals surface area contributed by atoms with Crippen molar-refractivity contribution in [3.05, 3.63) is 24.3 Å². The number of fused-ring (bicyclic) bond motifs is 2. The second kappa shape index (κ2) is 7.22. The Morgan fingerprint density at radius 2 is 1.62 bits per heavy atom. The Balaban J connectivity index is 1.39. The van der Waals surface area contributed by atoms with E-state index in [4.69, 9.17) is 0 Å². The lowest BCUT2D eigenvalue weighted by Gasteiger charge is -2.63. The molecule has 0 aliphatic heterocycles. The fourth-order valence-electron chi connectivity index (χ4n) is 11.2. The van der Waals surface area contributed by atoms with Gasteiger partial charge >= 0.3 is 0 Å². The molecule has 0 bridgehead atoms. The van der Waals surface area contributed by atoms with E-state index in [-0.39, 0.29) is 11.5 Å². The van der Waals surface area contributed by atoms with Crippen LogP contribution in [0.25, 0.3) is 0 Å². The van der Waals surface area contributed by atoms with E-state index in [0.29, 0.717) is 21.7 Å². The number of rotatable bonds is 5. The van der Waals surface area contributed by atoms with Crippen molar-refractivity contribution in [2.45, 2.75) is 118 Å². The average Bonchev–Trinajstić information content (AvgIpc) is 3.33. The first kappa shape index (κ1) is 23.2. The smallest absolute Gasteiger partial charge is 0.0594 e. The van der Waals surface area contributed by atoms with Gasteiger partial charge in [-0.1, -0.05) is 58.9 Å². The van der Waals surface area contributed by atoms with Gasteiger partial charge < -0.3 is 5.11 Å². The second-order valence-corrected chi connectivity index (χ2v) is 14.2. The zero-order chi connectivity index (χ0) is 23.2. The summed E-state index contributed by atoms with van der Waals surface area (Å²) in [5.74, 6) is 3.38. The van der Waals surface area contributed by atoms with Crippen molar-refractivity contribution in [2.75, 3.05) is 0 Å². The third kappa shape index (κ3) is 2.73. The van der Waals surface area contributed by atoms with E-state index < -0.39 is 0 Å². The first-order valence-electron chi connectivity index (χ1n) is 14.0. The number of aliphatic hydroxyl groups excluding tert-OH is 1. The lowest BCUT2D eigenvalue weighted by Crippen LogP contribution is -2.57. The van der Waals surface area contributed by atoms with E-state index in [0.717, 1.165) is 30.1 Å². The van der Waals surface area contributed by atoms with Crippen LogP contribution in [0.3, 0.4) is 0 Å². The van der Waals surface area contributed by atoms with Crippen molar-refractivity contribution in [3.8, 4) is 0 Å². The van der Waals surface area contributed by atoms with E-state index in [1.807, 2.05) is 6.08 Å². The molecule has 5 fully saturated rings. The van der Waals surface area contributed by atoms with Crippen LogP contribution in [-0.4, -0.2) is 11.2 Å². The molecule has 1 heteroatoms. The van der Waals surface area contributed by atoms with Gasteiger partial charge in [0.15, 0.2) is 0 Å². The molecule has 0 heterocycles. The molecule has 0 saturated heterocycles. The van der Waals surface area contributed by atoms with Gasteiger partial charge in [0.1, 0.15) is 0 Å². The molecule has 32 heavy (non-hydrogen) atoms. The molecule has 0 radical (unpaired) electrons. The summed E-state index contributed by atoms with van der Waals surface area (Å²) in [4.78, 5) is 0. The third-order valence-electron chi connectivity index (χ3n) is 13.3. The quantitative estimate of drug-likeness (QED) is 0.428. The minimum atomic E-state index is -0.0905. The first-order chi connectivity index (χ1) is 15.0. The molecule has 3 unspecified atom stereocenters. The zero-order valence-electron chi connectivity index (χ0n) is 22.0. The zero-order valence-corrected chi connectivity index (χ0v) is 22.0. The summed E-state index contributed by atoms with van der Waals surface area (Å²) in [5.41, 5.74) is 3.66. The Morgan fingerprint density at radius 1 is 0.938 bits per heavy atom. The van der Waals surface area contributed by atoms with Gasteiger partial charge in [0.25, 0.3) is 0 Å². The van der Waals surface area contributed by atoms with Crippen molar-refractivity contribution in [1.29, 1.82) is 0 Å². The molecule has 5 aliphatic rings. The molecule has 0 aromatic heterocycles. The van der Waals surface area contributed by atoms with Gasteiger partial charge in [-0.15, -0.1) is 0 Å². The Bertz CT molecular complexity index is 807. The summed E-state index contributed by atoms with van der Waals surface area (Å²) in [6.07, 6.45) is 19.3. The summed E-state index contributed by atoms with van der Waals surface area (Å²) in [6.45, 7) is 18.9. The fourth-order valence-corrected chi connectivity index (χ4v) is 11.2. The summed E-state index contributed by atoms with van der Waals surface area (Å²) in [5, 5.41) is 10.9. The van der Waals surface area contributed by atoms with Crippen molar-refractivity contribution < 1.29 is 5.11 Å². The van der Waals surface area contributed by atoms with Crippen molar-refractivity contribution in [1.82, 2.24) is 0 Å². The highest BCUT2D eigenvalue weighted by atomic mass is 16.3. The van der Waals surface area contributed by atoms with Gasteiger partial charge in [-0.05, 0) is 128 Å². The normalized spacial score (nSPS) is 52.3. The van der Waals surface area contributed by atoms with Crippen LogP contribution in [0, 0.1) is 50.7 Å². The SMILES string of the molecule is C=C/C(C)=C/CCC(C)[C@H]1CC[C@@]2(C)[C@@H]3CC[C@H]4C(C)(C)[C@@H](O)CCC45CC35CC[C@]12C. The highest BCUT2D eigenvalue weighted by Crippen LogP contribution is 2.89. The minimum absolute atomic E-state index is 0.0905. The van der Waals surface area contributed by atoms with Crippen LogP contribution in [-0.2, 0) is 0 Å². The fraction of sp³-hybridized carbons (Fsp3) is 0.871. The van der Waals surface area contributed by atoms with E-state index in [1.165, 1.54) is 69.8 Å². The number of hydrogen-bond acceptors (Lipinski definition) is 1. The van der Waals surface area contributed by atoms with Gasteiger partial charge in [-0.25, -0.2) is 0 Å². The molecule has 0 aromatic rings. The summed E-state index contributed by atoms with van der Waals surface area (Å²) in [7, 11) is 0. The Hall–Kier alpha value is -0.560. The lowest BCUT2D eigenvalue weighted by atomic mass is 9.41. The van der Waals surface area contributed by atoms with Gasteiger partial charge in [0, 0.05) is 0 Å². The standard InChI is InChI=1S/C31H50O/c1-8-21(2)10-9-11-22(3)23-14-16-29(7)25-13-12-24-27(4,5)26(32)15-17-30(24)20-31(25,30)19-18-28(23,29)6/h8,10,22-26,32H,1,9,11-20H2,2-7H3/b21-10+/t22?,23-,24+,25+,26+,28-,29+,30?,31?/m1/s1. The van der Waals surface area contributed by atoms with E-state index in [9.17, 15) is 5.11 Å². The van der Waals surface area contributed by atoms with Crippen molar-refractivity contribution in [2.24, 2.45) is 50.7 Å². The predicted octanol–water partition coefficient (Wildman–Crippen LogP) is 8.34.